The van der Waals surface area contributed by atoms with Crippen molar-refractivity contribution < 1.29 is 0 Å². The first-order chi connectivity index (χ1) is 6.86. The van der Waals surface area contributed by atoms with Crippen molar-refractivity contribution in [1.82, 2.24) is 10.2 Å². The molecule has 2 nitrogen and oxygen atoms in total. The SMILES string of the molecule is CCCCCc1nnc(CCCCl)s1. The highest BCUT2D eigenvalue weighted by Crippen LogP contribution is 2.14. The van der Waals surface area contributed by atoms with Crippen LogP contribution in [-0.4, -0.2) is 16.1 Å². The molecule has 80 valence electrons. The summed E-state index contributed by atoms with van der Waals surface area (Å²) in [7, 11) is 0. The first-order valence-corrected chi connectivity index (χ1v) is 6.59. The fourth-order valence-corrected chi connectivity index (χ4v) is 2.30. The first-order valence-electron chi connectivity index (χ1n) is 5.24. The molecule has 0 fully saturated rings. The molecular weight excluding hydrogens is 216 g/mol. The third-order valence-electron chi connectivity index (χ3n) is 2.03. The van der Waals surface area contributed by atoms with Gasteiger partial charge in [0.15, 0.2) is 0 Å². The molecule has 0 saturated carbocycles. The van der Waals surface area contributed by atoms with Crippen molar-refractivity contribution in [1.29, 1.82) is 0 Å². The lowest BCUT2D eigenvalue weighted by atomic mass is 10.2. The summed E-state index contributed by atoms with van der Waals surface area (Å²) < 4.78 is 0. The molecule has 1 aromatic heterocycles. The number of nitrogens with zero attached hydrogens (tertiary/aromatic N) is 2. The molecular formula is C10H17ClN2S. The molecule has 0 bridgehead atoms. The van der Waals surface area contributed by atoms with Gasteiger partial charge in [0.2, 0.25) is 0 Å². The number of rotatable bonds is 7. The van der Waals surface area contributed by atoms with Gasteiger partial charge in [0.1, 0.15) is 10.0 Å². The van der Waals surface area contributed by atoms with Gasteiger partial charge < -0.3 is 0 Å². The van der Waals surface area contributed by atoms with Crippen molar-refractivity contribution in [2.24, 2.45) is 0 Å². The van der Waals surface area contributed by atoms with Crippen LogP contribution in [0.5, 0.6) is 0 Å². The maximum absolute atomic E-state index is 5.62. The van der Waals surface area contributed by atoms with Crippen molar-refractivity contribution in [3.63, 3.8) is 0 Å². The molecule has 0 unspecified atom stereocenters. The Morgan fingerprint density at radius 3 is 2.29 bits per heavy atom. The summed E-state index contributed by atoms with van der Waals surface area (Å²) in [6.45, 7) is 2.21. The van der Waals surface area contributed by atoms with Crippen LogP contribution in [0.4, 0.5) is 0 Å². The summed E-state index contributed by atoms with van der Waals surface area (Å²) in [5.74, 6) is 0.713. The summed E-state index contributed by atoms with van der Waals surface area (Å²) in [6.07, 6.45) is 6.86. The van der Waals surface area contributed by atoms with Gasteiger partial charge in [-0.15, -0.1) is 33.1 Å². The normalized spacial score (nSPS) is 10.7. The minimum Gasteiger partial charge on any atom is -0.144 e. The van der Waals surface area contributed by atoms with E-state index in [1.165, 1.54) is 24.3 Å². The van der Waals surface area contributed by atoms with Crippen LogP contribution in [0.2, 0.25) is 0 Å². The van der Waals surface area contributed by atoms with E-state index in [-0.39, 0.29) is 0 Å². The Morgan fingerprint density at radius 1 is 1.07 bits per heavy atom. The summed E-state index contributed by atoms with van der Waals surface area (Å²) in [6, 6.07) is 0. The highest BCUT2D eigenvalue weighted by atomic mass is 35.5. The molecule has 1 aromatic rings. The molecule has 0 aliphatic carbocycles. The van der Waals surface area contributed by atoms with Gasteiger partial charge in [-0.2, -0.15) is 0 Å². The lowest BCUT2D eigenvalue weighted by Gasteiger charge is -1.92. The molecule has 0 spiro atoms. The van der Waals surface area contributed by atoms with E-state index in [1.54, 1.807) is 11.3 Å². The monoisotopic (exact) mass is 232 g/mol. The van der Waals surface area contributed by atoms with Gasteiger partial charge in [0.25, 0.3) is 0 Å². The van der Waals surface area contributed by atoms with Gasteiger partial charge in [0, 0.05) is 18.7 Å². The molecule has 0 radical (unpaired) electrons. The predicted molar refractivity (Wildman–Crippen MR) is 62.2 cm³/mol. The van der Waals surface area contributed by atoms with E-state index in [0.29, 0.717) is 5.88 Å². The quantitative estimate of drug-likeness (QED) is 0.532. The lowest BCUT2D eigenvalue weighted by molar-refractivity contribution is 0.709. The summed E-state index contributed by atoms with van der Waals surface area (Å²) in [5.41, 5.74) is 0. The highest BCUT2D eigenvalue weighted by molar-refractivity contribution is 7.11. The Hall–Kier alpha value is -0.150. The molecule has 0 aliphatic heterocycles. The van der Waals surface area contributed by atoms with Crippen molar-refractivity contribution in [2.45, 2.75) is 45.4 Å². The second-order valence-corrected chi connectivity index (χ2v) is 4.86. The molecule has 0 aliphatic rings. The Labute approximate surface area is 94.7 Å². The average Bonchev–Trinajstić information content (AvgIpc) is 2.63. The van der Waals surface area contributed by atoms with Crippen LogP contribution in [0.1, 0.15) is 42.6 Å². The van der Waals surface area contributed by atoms with Gasteiger partial charge in [-0.05, 0) is 12.8 Å². The molecule has 0 aromatic carbocycles. The molecule has 0 atom stereocenters. The zero-order valence-corrected chi connectivity index (χ0v) is 10.2. The number of aryl methyl sites for hydroxylation is 2. The second-order valence-electron chi connectivity index (χ2n) is 3.34. The van der Waals surface area contributed by atoms with Crippen LogP contribution in [0.25, 0.3) is 0 Å². The summed E-state index contributed by atoms with van der Waals surface area (Å²) in [5, 5.41) is 10.6. The molecule has 0 N–H and O–H groups in total. The largest absolute Gasteiger partial charge is 0.144 e. The molecule has 1 heterocycles. The fourth-order valence-electron chi connectivity index (χ4n) is 1.23. The Balaban J connectivity index is 2.27. The average molecular weight is 233 g/mol. The standard InChI is InChI=1S/C10H17ClN2S/c1-2-3-4-6-9-12-13-10(14-9)7-5-8-11/h2-8H2,1H3. The van der Waals surface area contributed by atoms with E-state index in [1.807, 2.05) is 0 Å². The number of alkyl halides is 1. The Bertz CT molecular complexity index is 250. The number of hydrogen-bond acceptors (Lipinski definition) is 3. The topological polar surface area (TPSA) is 25.8 Å². The van der Waals surface area contributed by atoms with Gasteiger partial charge >= 0.3 is 0 Å². The van der Waals surface area contributed by atoms with Gasteiger partial charge in [-0.1, -0.05) is 19.8 Å². The van der Waals surface area contributed by atoms with Crippen LogP contribution in [0.3, 0.4) is 0 Å². The lowest BCUT2D eigenvalue weighted by Crippen LogP contribution is -1.84. The zero-order chi connectivity index (χ0) is 10.2. The number of hydrogen-bond donors (Lipinski definition) is 0. The summed E-state index contributed by atoms with van der Waals surface area (Å²) in [4.78, 5) is 0. The van der Waals surface area contributed by atoms with Gasteiger partial charge in [-0.25, -0.2) is 0 Å². The molecule has 0 saturated heterocycles. The van der Waals surface area contributed by atoms with Crippen molar-refractivity contribution >= 4 is 22.9 Å². The van der Waals surface area contributed by atoms with E-state index < -0.39 is 0 Å². The smallest absolute Gasteiger partial charge is 0.117 e. The molecule has 1 rings (SSSR count). The van der Waals surface area contributed by atoms with Crippen LogP contribution >= 0.6 is 22.9 Å². The molecule has 4 heteroatoms. The number of unbranched alkanes of at least 4 members (excludes halogenated alkanes) is 2. The maximum atomic E-state index is 5.62. The Morgan fingerprint density at radius 2 is 1.71 bits per heavy atom. The number of aromatic nitrogens is 2. The van der Waals surface area contributed by atoms with Crippen molar-refractivity contribution in [3.8, 4) is 0 Å². The third kappa shape index (κ3) is 4.38. The Kier molecular flexibility index (Phi) is 6.12. The predicted octanol–water partition coefficient (Wildman–Crippen LogP) is 3.44. The van der Waals surface area contributed by atoms with Crippen LogP contribution in [0.15, 0.2) is 0 Å². The van der Waals surface area contributed by atoms with E-state index in [4.69, 9.17) is 11.6 Å². The molecule has 14 heavy (non-hydrogen) atoms. The van der Waals surface area contributed by atoms with Gasteiger partial charge in [0.05, 0.1) is 0 Å². The minimum absolute atomic E-state index is 0.713. The van der Waals surface area contributed by atoms with E-state index >= 15 is 0 Å². The second kappa shape index (κ2) is 7.18. The van der Waals surface area contributed by atoms with Crippen LogP contribution in [0, 0.1) is 0 Å². The third-order valence-corrected chi connectivity index (χ3v) is 3.34. The van der Waals surface area contributed by atoms with E-state index in [0.717, 1.165) is 24.3 Å². The van der Waals surface area contributed by atoms with Crippen LogP contribution < -0.4 is 0 Å². The zero-order valence-electron chi connectivity index (χ0n) is 8.63. The van der Waals surface area contributed by atoms with Crippen LogP contribution in [-0.2, 0) is 12.8 Å². The van der Waals surface area contributed by atoms with Gasteiger partial charge in [-0.3, -0.25) is 0 Å². The highest BCUT2D eigenvalue weighted by Gasteiger charge is 2.02. The maximum Gasteiger partial charge on any atom is 0.117 e. The van der Waals surface area contributed by atoms with E-state index in [2.05, 4.69) is 17.1 Å². The summed E-state index contributed by atoms with van der Waals surface area (Å²) >= 11 is 7.36. The number of halogens is 1. The fraction of sp³-hybridized carbons (Fsp3) is 0.800. The molecule has 0 amide bonds. The minimum atomic E-state index is 0.713. The van der Waals surface area contributed by atoms with E-state index in [9.17, 15) is 0 Å². The van der Waals surface area contributed by atoms with Crippen molar-refractivity contribution in [2.75, 3.05) is 5.88 Å². The van der Waals surface area contributed by atoms with Crippen molar-refractivity contribution in [3.05, 3.63) is 10.0 Å². The first kappa shape index (κ1) is 11.9.